The number of esters is 1. The predicted octanol–water partition coefficient (Wildman–Crippen LogP) is 3.71. The highest BCUT2D eigenvalue weighted by molar-refractivity contribution is 5.96. The van der Waals surface area contributed by atoms with Crippen molar-refractivity contribution >= 4 is 17.6 Å². The zero-order valence-electron chi connectivity index (χ0n) is 15.7. The summed E-state index contributed by atoms with van der Waals surface area (Å²) in [7, 11) is 1.33. The molecule has 138 valence electrons. The lowest BCUT2D eigenvalue weighted by atomic mass is 9.96. The molecule has 0 unspecified atom stereocenters. The van der Waals surface area contributed by atoms with Gasteiger partial charge in [0.1, 0.15) is 0 Å². The van der Waals surface area contributed by atoms with Gasteiger partial charge in [0.25, 0.3) is 0 Å². The van der Waals surface area contributed by atoms with Crippen LogP contribution in [0.25, 0.3) is 0 Å². The Morgan fingerprint density at radius 3 is 2.38 bits per heavy atom. The number of anilines is 1. The summed E-state index contributed by atoms with van der Waals surface area (Å²) in [4.78, 5) is 24.0. The monoisotopic (exact) mass is 354 g/mol. The Kier molecular flexibility index (Phi) is 6.92. The molecule has 0 aromatic heterocycles. The van der Waals surface area contributed by atoms with Crippen molar-refractivity contribution in [3.8, 4) is 0 Å². The molecule has 26 heavy (non-hydrogen) atoms. The number of carbonyl (C=O) groups is 2. The van der Waals surface area contributed by atoms with Gasteiger partial charge in [0.2, 0.25) is 5.91 Å². The fourth-order valence-electron chi connectivity index (χ4n) is 2.80. The van der Waals surface area contributed by atoms with Crippen LogP contribution in [0, 0.1) is 12.8 Å². The number of hydrogen-bond acceptors (Lipinski definition) is 4. The molecule has 1 atom stereocenters. The van der Waals surface area contributed by atoms with Gasteiger partial charge in [-0.15, -0.1) is 0 Å². The van der Waals surface area contributed by atoms with Gasteiger partial charge in [0.05, 0.1) is 19.2 Å². The van der Waals surface area contributed by atoms with Crippen molar-refractivity contribution in [1.29, 1.82) is 0 Å². The van der Waals surface area contributed by atoms with Gasteiger partial charge in [-0.05, 0) is 36.1 Å². The van der Waals surface area contributed by atoms with E-state index in [0.29, 0.717) is 17.2 Å². The molecule has 5 nitrogen and oxygen atoms in total. The number of nitrogens with one attached hydrogen (secondary N) is 2. The summed E-state index contributed by atoms with van der Waals surface area (Å²) in [6.07, 6.45) is 0. The van der Waals surface area contributed by atoms with Crippen molar-refractivity contribution in [2.45, 2.75) is 26.8 Å². The lowest BCUT2D eigenvalue weighted by Crippen LogP contribution is -2.33. The van der Waals surface area contributed by atoms with E-state index in [1.54, 1.807) is 18.2 Å². The van der Waals surface area contributed by atoms with Gasteiger partial charge in [-0.2, -0.15) is 0 Å². The molecular formula is C21H26N2O3. The molecule has 0 radical (unpaired) electrons. The number of aryl methyl sites for hydroxylation is 1. The summed E-state index contributed by atoms with van der Waals surface area (Å²) in [5.74, 6) is -0.242. The van der Waals surface area contributed by atoms with Gasteiger partial charge in [-0.25, -0.2) is 4.79 Å². The summed E-state index contributed by atoms with van der Waals surface area (Å²) < 4.78 is 4.73. The molecule has 5 heteroatoms. The third-order valence-electron chi connectivity index (χ3n) is 4.24. The molecule has 0 heterocycles. The summed E-state index contributed by atoms with van der Waals surface area (Å²) in [6.45, 7) is 6.30. The van der Waals surface area contributed by atoms with Gasteiger partial charge in [0.15, 0.2) is 0 Å². The first-order valence-electron chi connectivity index (χ1n) is 8.69. The standard InChI is InChI=1S/C21H26N2O3/c1-14(2)20(16-8-6-5-7-9-16)22-13-19(24)23-18-12-17(21(25)26-4)11-10-15(18)3/h5-12,14,20,22H,13H2,1-4H3,(H,23,24)/t20-/m0/s1. The molecule has 0 saturated carbocycles. The Labute approximate surface area is 154 Å². The van der Waals surface area contributed by atoms with Crippen LogP contribution in [0.4, 0.5) is 5.69 Å². The van der Waals surface area contributed by atoms with E-state index in [4.69, 9.17) is 4.74 Å². The van der Waals surface area contributed by atoms with Crippen LogP contribution >= 0.6 is 0 Å². The number of benzene rings is 2. The van der Waals surface area contributed by atoms with Crippen molar-refractivity contribution in [1.82, 2.24) is 5.32 Å². The maximum absolute atomic E-state index is 12.4. The number of carbonyl (C=O) groups excluding carboxylic acids is 2. The SMILES string of the molecule is COC(=O)c1ccc(C)c(NC(=O)CN[C@H](c2ccccc2)C(C)C)c1. The minimum atomic E-state index is -0.428. The van der Waals surface area contributed by atoms with Gasteiger partial charge in [0, 0.05) is 11.7 Å². The summed E-state index contributed by atoms with van der Waals surface area (Å²) in [6, 6.07) is 15.3. The molecule has 2 N–H and O–H groups in total. The summed E-state index contributed by atoms with van der Waals surface area (Å²) >= 11 is 0. The van der Waals surface area contributed by atoms with E-state index in [-0.39, 0.29) is 18.5 Å². The highest BCUT2D eigenvalue weighted by Gasteiger charge is 2.17. The maximum atomic E-state index is 12.4. The fourth-order valence-corrected chi connectivity index (χ4v) is 2.80. The average molecular weight is 354 g/mol. The molecule has 2 aromatic carbocycles. The van der Waals surface area contributed by atoms with E-state index in [2.05, 4.69) is 36.6 Å². The lowest BCUT2D eigenvalue weighted by molar-refractivity contribution is -0.115. The van der Waals surface area contributed by atoms with Crippen LogP contribution in [0.2, 0.25) is 0 Å². The molecule has 0 fully saturated rings. The Bertz CT molecular complexity index is 757. The fraction of sp³-hybridized carbons (Fsp3) is 0.333. The highest BCUT2D eigenvalue weighted by Crippen LogP contribution is 2.21. The number of rotatable bonds is 7. The molecule has 0 aliphatic rings. The zero-order chi connectivity index (χ0) is 19.1. The molecule has 0 bridgehead atoms. The van der Waals surface area contributed by atoms with E-state index >= 15 is 0 Å². The molecule has 2 aromatic rings. The largest absolute Gasteiger partial charge is 0.465 e. The molecule has 0 spiro atoms. The van der Waals surface area contributed by atoms with E-state index < -0.39 is 5.97 Å². The minimum absolute atomic E-state index is 0.0875. The summed E-state index contributed by atoms with van der Waals surface area (Å²) in [5.41, 5.74) is 3.06. The molecule has 0 aliphatic heterocycles. The number of amides is 1. The second-order valence-corrected chi connectivity index (χ2v) is 6.58. The third-order valence-corrected chi connectivity index (χ3v) is 4.24. The Balaban J connectivity index is 2.03. The van der Waals surface area contributed by atoms with Crippen molar-refractivity contribution < 1.29 is 14.3 Å². The second kappa shape index (κ2) is 9.15. The van der Waals surface area contributed by atoms with Crippen LogP contribution < -0.4 is 10.6 Å². The molecular weight excluding hydrogens is 328 g/mol. The van der Waals surface area contributed by atoms with Crippen molar-refractivity contribution in [3.63, 3.8) is 0 Å². The minimum Gasteiger partial charge on any atom is -0.465 e. The van der Waals surface area contributed by atoms with E-state index in [9.17, 15) is 9.59 Å². The average Bonchev–Trinajstić information content (AvgIpc) is 2.63. The first-order chi connectivity index (χ1) is 12.4. The van der Waals surface area contributed by atoms with Crippen molar-refractivity contribution in [2.75, 3.05) is 19.0 Å². The second-order valence-electron chi connectivity index (χ2n) is 6.58. The Morgan fingerprint density at radius 2 is 1.77 bits per heavy atom. The maximum Gasteiger partial charge on any atom is 0.337 e. The quantitative estimate of drug-likeness (QED) is 0.744. The smallest absolute Gasteiger partial charge is 0.337 e. The van der Waals surface area contributed by atoms with Crippen LogP contribution in [0.5, 0.6) is 0 Å². The third kappa shape index (κ3) is 5.17. The van der Waals surface area contributed by atoms with E-state index in [1.807, 2.05) is 25.1 Å². The Morgan fingerprint density at radius 1 is 1.08 bits per heavy atom. The predicted molar refractivity (Wildman–Crippen MR) is 103 cm³/mol. The van der Waals surface area contributed by atoms with Gasteiger partial charge < -0.3 is 15.4 Å². The van der Waals surface area contributed by atoms with Crippen molar-refractivity contribution in [3.05, 3.63) is 65.2 Å². The van der Waals surface area contributed by atoms with Gasteiger partial charge >= 0.3 is 5.97 Å². The van der Waals surface area contributed by atoms with E-state index in [0.717, 1.165) is 11.1 Å². The number of ether oxygens (including phenoxy) is 1. The van der Waals surface area contributed by atoms with Crippen LogP contribution in [0.15, 0.2) is 48.5 Å². The van der Waals surface area contributed by atoms with Crippen LogP contribution in [0.3, 0.4) is 0 Å². The zero-order valence-corrected chi connectivity index (χ0v) is 15.7. The topological polar surface area (TPSA) is 67.4 Å². The number of hydrogen-bond donors (Lipinski definition) is 2. The lowest BCUT2D eigenvalue weighted by Gasteiger charge is -2.23. The molecule has 2 rings (SSSR count). The van der Waals surface area contributed by atoms with Crippen molar-refractivity contribution in [2.24, 2.45) is 5.92 Å². The van der Waals surface area contributed by atoms with Crippen LogP contribution in [-0.2, 0) is 9.53 Å². The first kappa shape index (κ1) is 19.7. The van der Waals surface area contributed by atoms with Crippen LogP contribution in [-0.4, -0.2) is 25.5 Å². The number of methoxy groups -OCH3 is 1. The molecule has 1 amide bonds. The molecule has 0 aliphatic carbocycles. The normalized spacial score (nSPS) is 11.9. The highest BCUT2D eigenvalue weighted by atomic mass is 16.5. The summed E-state index contributed by atoms with van der Waals surface area (Å²) in [5, 5.41) is 6.19. The van der Waals surface area contributed by atoms with Gasteiger partial charge in [-0.3, -0.25) is 4.79 Å². The molecule has 0 saturated heterocycles. The van der Waals surface area contributed by atoms with Crippen LogP contribution in [0.1, 0.15) is 41.4 Å². The Hall–Kier alpha value is -2.66. The first-order valence-corrected chi connectivity index (χ1v) is 8.69. The van der Waals surface area contributed by atoms with E-state index in [1.165, 1.54) is 7.11 Å². The van der Waals surface area contributed by atoms with Gasteiger partial charge in [-0.1, -0.05) is 50.2 Å².